The van der Waals surface area contributed by atoms with Crippen molar-refractivity contribution in [1.82, 2.24) is 14.5 Å². The summed E-state index contributed by atoms with van der Waals surface area (Å²) in [7, 11) is 0. The van der Waals surface area contributed by atoms with E-state index in [0.29, 0.717) is 0 Å². The molecule has 0 N–H and O–H groups in total. The molecule has 1 heterocycles. The summed E-state index contributed by atoms with van der Waals surface area (Å²) in [6.45, 7) is 8.58. The number of rotatable bonds is 7. The number of likely N-dealkylation sites (N-methyl/N-ethyl adjacent to an activating group) is 1. The van der Waals surface area contributed by atoms with Crippen LogP contribution >= 0.6 is 0 Å². The number of hydrogen-bond acceptors (Lipinski definition) is 2. The average Bonchev–Trinajstić information content (AvgIpc) is 3.08. The predicted octanol–water partition coefficient (Wildman–Crippen LogP) is 4.56. The third-order valence-electron chi connectivity index (χ3n) is 4.48. The fraction of sp³-hybridized carbons (Fsp3) is 0.286. The topological polar surface area (TPSA) is 21.1 Å². The SMILES string of the molecule is CCN(CC)CCn1cnc(-c2ccccc2)c1-c1ccccc1. The van der Waals surface area contributed by atoms with Crippen LogP contribution in [0.3, 0.4) is 0 Å². The molecule has 0 atom stereocenters. The van der Waals surface area contributed by atoms with Gasteiger partial charge in [-0.2, -0.15) is 0 Å². The molecule has 0 saturated heterocycles. The molecule has 0 amide bonds. The normalized spacial score (nSPS) is 11.1. The lowest BCUT2D eigenvalue weighted by Gasteiger charge is -2.19. The fourth-order valence-corrected chi connectivity index (χ4v) is 3.05. The van der Waals surface area contributed by atoms with E-state index < -0.39 is 0 Å². The molecule has 3 rings (SSSR count). The summed E-state index contributed by atoms with van der Waals surface area (Å²) in [5.74, 6) is 0. The largest absolute Gasteiger partial charge is 0.329 e. The molecule has 0 aliphatic carbocycles. The molecule has 2 aromatic carbocycles. The van der Waals surface area contributed by atoms with Gasteiger partial charge in [0.2, 0.25) is 0 Å². The molecule has 3 aromatic rings. The van der Waals surface area contributed by atoms with E-state index >= 15 is 0 Å². The van der Waals surface area contributed by atoms with E-state index in [4.69, 9.17) is 4.98 Å². The molecular weight excluding hydrogens is 294 g/mol. The van der Waals surface area contributed by atoms with Gasteiger partial charge < -0.3 is 9.47 Å². The lowest BCUT2D eigenvalue weighted by Crippen LogP contribution is -2.27. The van der Waals surface area contributed by atoms with E-state index in [1.54, 1.807) is 0 Å². The number of imidazole rings is 1. The van der Waals surface area contributed by atoms with Crippen molar-refractivity contribution in [1.29, 1.82) is 0 Å². The second kappa shape index (κ2) is 7.93. The van der Waals surface area contributed by atoms with Crippen LogP contribution in [-0.2, 0) is 6.54 Å². The molecule has 0 unspecified atom stereocenters. The van der Waals surface area contributed by atoms with Crippen molar-refractivity contribution < 1.29 is 0 Å². The monoisotopic (exact) mass is 319 g/mol. The molecule has 0 fully saturated rings. The van der Waals surface area contributed by atoms with Crippen molar-refractivity contribution in [2.75, 3.05) is 19.6 Å². The smallest absolute Gasteiger partial charge is 0.0963 e. The third-order valence-corrected chi connectivity index (χ3v) is 4.48. The third kappa shape index (κ3) is 3.57. The second-order valence-electron chi connectivity index (χ2n) is 5.89. The maximum Gasteiger partial charge on any atom is 0.0963 e. The Morgan fingerprint density at radius 3 is 2.00 bits per heavy atom. The Morgan fingerprint density at radius 2 is 1.42 bits per heavy atom. The van der Waals surface area contributed by atoms with Crippen LogP contribution in [0.15, 0.2) is 67.0 Å². The first kappa shape index (κ1) is 16.5. The Bertz CT molecular complexity index is 743. The predicted molar refractivity (Wildman–Crippen MR) is 101 cm³/mol. The van der Waals surface area contributed by atoms with E-state index in [1.807, 2.05) is 12.4 Å². The van der Waals surface area contributed by atoms with Crippen LogP contribution in [0.25, 0.3) is 22.5 Å². The van der Waals surface area contributed by atoms with Crippen molar-refractivity contribution in [2.45, 2.75) is 20.4 Å². The minimum absolute atomic E-state index is 0.950. The van der Waals surface area contributed by atoms with E-state index in [1.165, 1.54) is 11.3 Å². The summed E-state index contributed by atoms with van der Waals surface area (Å²) >= 11 is 0. The Morgan fingerprint density at radius 1 is 0.833 bits per heavy atom. The molecule has 0 spiro atoms. The Labute approximate surface area is 144 Å². The molecule has 1 aromatic heterocycles. The first-order valence-corrected chi connectivity index (χ1v) is 8.71. The summed E-state index contributed by atoms with van der Waals surface area (Å²) < 4.78 is 2.29. The highest BCUT2D eigenvalue weighted by Gasteiger charge is 2.15. The van der Waals surface area contributed by atoms with Gasteiger partial charge in [-0.3, -0.25) is 0 Å². The minimum Gasteiger partial charge on any atom is -0.329 e. The molecule has 24 heavy (non-hydrogen) atoms. The van der Waals surface area contributed by atoms with Crippen molar-refractivity contribution in [3.8, 4) is 22.5 Å². The average molecular weight is 319 g/mol. The van der Waals surface area contributed by atoms with Crippen molar-refractivity contribution in [2.24, 2.45) is 0 Å². The van der Waals surface area contributed by atoms with Gasteiger partial charge in [0.15, 0.2) is 0 Å². The van der Waals surface area contributed by atoms with E-state index in [0.717, 1.165) is 37.4 Å². The van der Waals surface area contributed by atoms with Gasteiger partial charge in [0.05, 0.1) is 17.7 Å². The highest BCUT2D eigenvalue weighted by molar-refractivity contribution is 5.78. The zero-order valence-electron chi connectivity index (χ0n) is 14.5. The van der Waals surface area contributed by atoms with E-state index in [-0.39, 0.29) is 0 Å². The first-order valence-electron chi connectivity index (χ1n) is 8.71. The minimum atomic E-state index is 0.950. The number of aromatic nitrogens is 2. The van der Waals surface area contributed by atoms with Crippen LogP contribution in [0.1, 0.15) is 13.8 Å². The zero-order chi connectivity index (χ0) is 16.8. The van der Waals surface area contributed by atoms with Crippen LogP contribution in [0.5, 0.6) is 0 Å². The van der Waals surface area contributed by atoms with Gasteiger partial charge in [0.1, 0.15) is 0 Å². The summed E-state index contributed by atoms with van der Waals surface area (Å²) in [5, 5.41) is 0. The molecule has 3 heteroatoms. The van der Waals surface area contributed by atoms with Crippen LogP contribution < -0.4 is 0 Å². The highest BCUT2D eigenvalue weighted by Crippen LogP contribution is 2.30. The molecular formula is C21H25N3. The highest BCUT2D eigenvalue weighted by atomic mass is 15.2. The Balaban J connectivity index is 1.99. The van der Waals surface area contributed by atoms with Gasteiger partial charge >= 0.3 is 0 Å². The van der Waals surface area contributed by atoms with Gasteiger partial charge in [-0.15, -0.1) is 0 Å². The molecule has 0 bridgehead atoms. The standard InChI is InChI=1S/C21H25N3/c1-3-23(4-2)15-16-24-17-22-20(18-11-7-5-8-12-18)21(24)19-13-9-6-10-14-19/h5-14,17H,3-4,15-16H2,1-2H3. The van der Waals surface area contributed by atoms with E-state index in [9.17, 15) is 0 Å². The van der Waals surface area contributed by atoms with Crippen molar-refractivity contribution in [3.63, 3.8) is 0 Å². The van der Waals surface area contributed by atoms with Gasteiger partial charge in [0, 0.05) is 24.2 Å². The lowest BCUT2D eigenvalue weighted by atomic mass is 10.0. The Kier molecular flexibility index (Phi) is 5.44. The van der Waals surface area contributed by atoms with Crippen molar-refractivity contribution >= 4 is 0 Å². The number of hydrogen-bond donors (Lipinski definition) is 0. The van der Waals surface area contributed by atoms with Crippen LogP contribution in [0.4, 0.5) is 0 Å². The molecule has 124 valence electrons. The van der Waals surface area contributed by atoms with Crippen LogP contribution in [0, 0.1) is 0 Å². The second-order valence-corrected chi connectivity index (χ2v) is 5.89. The molecule has 0 saturated carbocycles. The van der Waals surface area contributed by atoms with Crippen LogP contribution in [-0.4, -0.2) is 34.1 Å². The lowest BCUT2D eigenvalue weighted by molar-refractivity contribution is 0.291. The first-order chi connectivity index (χ1) is 11.8. The zero-order valence-corrected chi connectivity index (χ0v) is 14.5. The van der Waals surface area contributed by atoms with Crippen molar-refractivity contribution in [3.05, 3.63) is 67.0 Å². The fourth-order valence-electron chi connectivity index (χ4n) is 3.05. The van der Waals surface area contributed by atoms with Crippen LogP contribution in [0.2, 0.25) is 0 Å². The molecule has 0 aliphatic heterocycles. The summed E-state index contributed by atoms with van der Waals surface area (Å²) in [4.78, 5) is 7.18. The summed E-state index contributed by atoms with van der Waals surface area (Å²) in [6.07, 6.45) is 1.98. The molecule has 3 nitrogen and oxygen atoms in total. The summed E-state index contributed by atoms with van der Waals surface area (Å²) in [6, 6.07) is 21.0. The quantitative estimate of drug-likeness (QED) is 0.636. The number of benzene rings is 2. The molecule has 0 radical (unpaired) electrons. The maximum absolute atomic E-state index is 4.74. The molecule has 0 aliphatic rings. The van der Waals surface area contributed by atoms with Gasteiger partial charge in [-0.05, 0) is 13.1 Å². The van der Waals surface area contributed by atoms with Gasteiger partial charge in [-0.25, -0.2) is 4.98 Å². The Hall–Kier alpha value is -2.39. The van der Waals surface area contributed by atoms with Gasteiger partial charge in [0.25, 0.3) is 0 Å². The maximum atomic E-state index is 4.74. The van der Waals surface area contributed by atoms with E-state index in [2.05, 4.69) is 77.9 Å². The summed E-state index contributed by atoms with van der Waals surface area (Å²) in [5.41, 5.74) is 4.64. The van der Waals surface area contributed by atoms with Gasteiger partial charge in [-0.1, -0.05) is 74.5 Å². The number of nitrogens with zero attached hydrogens (tertiary/aromatic N) is 3.